The molecular formula is C15H18N2O4. The first kappa shape index (κ1) is 13.9. The number of anilines is 1. The molecule has 2 N–H and O–H groups in total. The van der Waals surface area contributed by atoms with Gasteiger partial charge in [0, 0.05) is 6.54 Å². The van der Waals surface area contributed by atoms with E-state index in [2.05, 4.69) is 5.32 Å². The molecule has 0 bridgehead atoms. The van der Waals surface area contributed by atoms with Crippen molar-refractivity contribution < 1.29 is 19.4 Å². The van der Waals surface area contributed by atoms with E-state index in [9.17, 15) is 14.7 Å². The Morgan fingerprint density at radius 1 is 1.33 bits per heavy atom. The molecular weight excluding hydrogens is 272 g/mol. The predicted octanol–water partition coefficient (Wildman–Crippen LogP) is 0.721. The average Bonchev–Trinajstić information content (AvgIpc) is 2.91. The van der Waals surface area contributed by atoms with Crippen molar-refractivity contribution in [3.05, 3.63) is 24.3 Å². The summed E-state index contributed by atoms with van der Waals surface area (Å²) in [6.07, 6.45) is -1.02. The molecule has 2 heterocycles. The van der Waals surface area contributed by atoms with Crippen LogP contribution in [0, 0.1) is 11.8 Å². The van der Waals surface area contributed by atoms with Gasteiger partial charge in [0.05, 0.1) is 18.2 Å². The first-order chi connectivity index (χ1) is 10.1. The minimum atomic E-state index is -1.06. The van der Waals surface area contributed by atoms with Gasteiger partial charge >= 0.3 is 5.97 Å². The third-order valence-corrected chi connectivity index (χ3v) is 4.15. The van der Waals surface area contributed by atoms with Crippen LogP contribution < -0.4 is 15.0 Å². The van der Waals surface area contributed by atoms with Gasteiger partial charge in [-0.2, -0.15) is 0 Å². The number of carboxylic acids is 1. The molecule has 2 aliphatic heterocycles. The van der Waals surface area contributed by atoms with Crippen molar-refractivity contribution >= 4 is 17.6 Å². The van der Waals surface area contributed by atoms with Crippen molar-refractivity contribution in [3.8, 4) is 5.75 Å². The number of nitrogens with zero attached hydrogens (tertiary/aromatic N) is 1. The number of rotatable bonds is 2. The van der Waals surface area contributed by atoms with Crippen LogP contribution in [0.1, 0.15) is 6.92 Å². The Labute approximate surface area is 122 Å². The van der Waals surface area contributed by atoms with Crippen LogP contribution in [-0.2, 0) is 9.59 Å². The predicted molar refractivity (Wildman–Crippen MR) is 76.4 cm³/mol. The molecule has 0 saturated carbocycles. The lowest BCUT2D eigenvalue weighted by molar-refractivity contribution is -0.145. The number of nitrogens with one attached hydrogen (secondary N) is 1. The lowest BCUT2D eigenvalue weighted by Gasteiger charge is -2.35. The smallest absolute Gasteiger partial charge is 0.346 e. The fraction of sp³-hybridized carbons (Fsp3) is 0.467. The highest BCUT2D eigenvalue weighted by Crippen LogP contribution is 2.35. The van der Waals surface area contributed by atoms with E-state index in [0.717, 1.165) is 6.54 Å². The van der Waals surface area contributed by atoms with E-state index in [0.29, 0.717) is 18.0 Å². The van der Waals surface area contributed by atoms with Crippen LogP contribution in [0.5, 0.6) is 5.75 Å². The molecule has 2 aliphatic rings. The molecule has 3 unspecified atom stereocenters. The quantitative estimate of drug-likeness (QED) is 0.839. The largest absolute Gasteiger partial charge is 0.478 e. The minimum Gasteiger partial charge on any atom is -0.478 e. The van der Waals surface area contributed by atoms with Crippen LogP contribution in [-0.4, -0.2) is 42.7 Å². The van der Waals surface area contributed by atoms with Crippen molar-refractivity contribution in [3.63, 3.8) is 0 Å². The van der Waals surface area contributed by atoms with Crippen molar-refractivity contribution in [2.24, 2.45) is 11.8 Å². The number of benzene rings is 1. The summed E-state index contributed by atoms with van der Waals surface area (Å²) in [7, 11) is 0. The van der Waals surface area contributed by atoms with Crippen LogP contribution in [0.15, 0.2) is 24.3 Å². The summed E-state index contributed by atoms with van der Waals surface area (Å²) in [5, 5.41) is 12.4. The van der Waals surface area contributed by atoms with E-state index in [4.69, 9.17) is 4.74 Å². The first-order valence-electron chi connectivity index (χ1n) is 7.08. The zero-order valence-corrected chi connectivity index (χ0v) is 11.8. The highest BCUT2D eigenvalue weighted by atomic mass is 16.5. The maximum Gasteiger partial charge on any atom is 0.346 e. The molecule has 3 atom stereocenters. The summed E-state index contributed by atoms with van der Waals surface area (Å²) in [4.78, 5) is 25.6. The summed E-state index contributed by atoms with van der Waals surface area (Å²) in [6, 6.07) is 7.07. The van der Waals surface area contributed by atoms with Gasteiger partial charge in [-0.05, 0) is 24.6 Å². The summed E-state index contributed by atoms with van der Waals surface area (Å²) >= 11 is 0. The number of carbonyl (C=O) groups is 2. The standard InChI is InChI=1S/C15H18N2O4/c1-9-6-16-7-10(9)14(18)17-8-13(15(19)20)21-12-5-3-2-4-11(12)17/h2-5,9-10,13,16H,6-8H2,1H3,(H,19,20). The number of para-hydroxylation sites is 2. The fourth-order valence-corrected chi connectivity index (χ4v) is 2.91. The van der Waals surface area contributed by atoms with Gasteiger partial charge in [-0.1, -0.05) is 19.1 Å². The van der Waals surface area contributed by atoms with Crippen molar-refractivity contribution in [1.29, 1.82) is 0 Å². The van der Waals surface area contributed by atoms with E-state index in [1.807, 2.05) is 13.0 Å². The second kappa shape index (κ2) is 5.37. The normalized spacial score (nSPS) is 27.9. The molecule has 1 aromatic rings. The van der Waals surface area contributed by atoms with E-state index in [1.165, 1.54) is 0 Å². The molecule has 0 aliphatic carbocycles. The van der Waals surface area contributed by atoms with Gasteiger partial charge in [-0.25, -0.2) is 4.79 Å². The molecule has 3 rings (SSSR count). The van der Waals surface area contributed by atoms with Crippen molar-refractivity contribution in [2.75, 3.05) is 24.5 Å². The second-order valence-corrected chi connectivity index (χ2v) is 5.60. The third kappa shape index (κ3) is 2.47. The summed E-state index contributed by atoms with van der Waals surface area (Å²) in [5.41, 5.74) is 0.652. The zero-order valence-electron chi connectivity index (χ0n) is 11.8. The van der Waals surface area contributed by atoms with E-state index < -0.39 is 12.1 Å². The minimum absolute atomic E-state index is 0.0329. The maximum absolute atomic E-state index is 12.8. The van der Waals surface area contributed by atoms with Crippen LogP contribution in [0.4, 0.5) is 5.69 Å². The van der Waals surface area contributed by atoms with Crippen LogP contribution in [0.3, 0.4) is 0 Å². The number of ether oxygens (including phenoxy) is 1. The fourth-order valence-electron chi connectivity index (χ4n) is 2.91. The highest BCUT2D eigenvalue weighted by Gasteiger charge is 2.39. The van der Waals surface area contributed by atoms with Crippen LogP contribution >= 0.6 is 0 Å². The SMILES string of the molecule is CC1CNCC1C(=O)N1CC(C(=O)O)Oc2ccccc21. The average molecular weight is 290 g/mol. The Bertz CT molecular complexity index is 575. The van der Waals surface area contributed by atoms with Gasteiger partial charge in [-0.3, -0.25) is 4.79 Å². The van der Waals surface area contributed by atoms with Crippen LogP contribution in [0.2, 0.25) is 0 Å². The van der Waals surface area contributed by atoms with Crippen molar-refractivity contribution in [1.82, 2.24) is 5.32 Å². The number of hydrogen-bond acceptors (Lipinski definition) is 4. The molecule has 1 aromatic carbocycles. The second-order valence-electron chi connectivity index (χ2n) is 5.60. The number of hydrogen-bond donors (Lipinski definition) is 2. The Morgan fingerprint density at radius 2 is 2.10 bits per heavy atom. The van der Waals surface area contributed by atoms with Gasteiger partial charge < -0.3 is 20.1 Å². The first-order valence-corrected chi connectivity index (χ1v) is 7.08. The topological polar surface area (TPSA) is 78.9 Å². The van der Waals surface area contributed by atoms with Crippen molar-refractivity contribution in [2.45, 2.75) is 13.0 Å². The molecule has 1 saturated heterocycles. The van der Waals surface area contributed by atoms with Crippen LogP contribution in [0.25, 0.3) is 0 Å². The molecule has 112 valence electrons. The molecule has 6 heteroatoms. The lowest BCUT2D eigenvalue weighted by atomic mass is 9.96. The molecule has 1 amide bonds. The number of aliphatic carboxylic acids is 1. The van der Waals surface area contributed by atoms with E-state index >= 15 is 0 Å². The lowest BCUT2D eigenvalue weighted by Crippen LogP contribution is -2.49. The van der Waals surface area contributed by atoms with E-state index in [-0.39, 0.29) is 24.3 Å². The monoisotopic (exact) mass is 290 g/mol. The van der Waals surface area contributed by atoms with Gasteiger partial charge in [0.25, 0.3) is 0 Å². The van der Waals surface area contributed by atoms with Gasteiger partial charge in [0.1, 0.15) is 5.75 Å². The molecule has 1 fully saturated rings. The number of carbonyl (C=O) groups excluding carboxylic acids is 1. The molecule has 0 spiro atoms. The molecule has 0 aromatic heterocycles. The number of carboxylic acid groups (broad SMARTS) is 1. The summed E-state index contributed by atoms with van der Waals surface area (Å²) < 4.78 is 5.45. The van der Waals surface area contributed by atoms with Gasteiger partial charge in [0.15, 0.2) is 0 Å². The molecule has 21 heavy (non-hydrogen) atoms. The Balaban J connectivity index is 1.92. The highest BCUT2D eigenvalue weighted by molar-refractivity contribution is 5.98. The zero-order chi connectivity index (χ0) is 15.0. The van der Waals surface area contributed by atoms with E-state index in [1.54, 1.807) is 23.1 Å². The summed E-state index contributed by atoms with van der Waals surface area (Å²) in [5.74, 6) is -0.515. The van der Waals surface area contributed by atoms with Gasteiger partial charge in [-0.15, -0.1) is 0 Å². The molecule has 6 nitrogen and oxygen atoms in total. The number of fused-ring (bicyclic) bond motifs is 1. The molecule has 0 radical (unpaired) electrons. The number of amides is 1. The maximum atomic E-state index is 12.8. The Kier molecular flexibility index (Phi) is 3.55. The summed E-state index contributed by atoms with van der Waals surface area (Å²) in [6.45, 7) is 3.53. The Morgan fingerprint density at radius 3 is 2.76 bits per heavy atom. The third-order valence-electron chi connectivity index (χ3n) is 4.15. The van der Waals surface area contributed by atoms with Gasteiger partial charge in [0.2, 0.25) is 12.0 Å². The Hall–Kier alpha value is -2.08.